The fraction of sp³-hybridized carbons (Fsp3) is 0.481. The smallest absolute Gasteiger partial charge is 0.278 e. The van der Waals surface area contributed by atoms with Crippen molar-refractivity contribution in [2.45, 2.75) is 83.6 Å². The summed E-state index contributed by atoms with van der Waals surface area (Å²) in [6, 6.07) is 13.0. The summed E-state index contributed by atoms with van der Waals surface area (Å²) in [4.78, 5) is 4.09. The van der Waals surface area contributed by atoms with Gasteiger partial charge in [-0.05, 0) is 45.9 Å². The first-order valence-electron chi connectivity index (χ1n) is 11.4. The zero-order valence-electron chi connectivity index (χ0n) is 20.1. The quantitative estimate of drug-likeness (QED) is 0.314. The molecule has 0 saturated heterocycles. The van der Waals surface area contributed by atoms with E-state index in [0.717, 1.165) is 11.4 Å². The number of hydrogen-bond acceptors (Lipinski definition) is 2. The van der Waals surface area contributed by atoms with Gasteiger partial charge in [0.25, 0.3) is 4.58 Å². The molecule has 0 spiro atoms. The molecule has 0 saturated carbocycles. The first-order chi connectivity index (χ1) is 14.5. The monoisotopic (exact) mass is 458 g/mol. The van der Waals surface area contributed by atoms with Gasteiger partial charge in [-0.25, -0.2) is 0 Å². The summed E-state index contributed by atoms with van der Waals surface area (Å²) in [5.41, 5.74) is 7.25. The lowest BCUT2D eigenvalue weighted by Gasteiger charge is -2.40. The van der Waals surface area contributed by atoms with Gasteiger partial charge in [0.05, 0.1) is 11.4 Å². The van der Waals surface area contributed by atoms with Crippen LogP contribution in [-0.2, 0) is 0 Å². The van der Waals surface area contributed by atoms with Crippen molar-refractivity contribution < 1.29 is 0 Å². The Morgan fingerprint density at radius 2 is 0.806 bits per heavy atom. The minimum Gasteiger partial charge on any atom is -0.297 e. The molecule has 2 aromatic rings. The summed E-state index contributed by atoms with van der Waals surface area (Å²) in [6.45, 7) is 17.7. The molecular weight excluding hydrogens is 423 g/mol. The van der Waals surface area contributed by atoms with Gasteiger partial charge in [-0.2, -0.15) is 0 Å². The molecule has 2 aromatic carbocycles. The number of hydrogen-bond donors (Lipinski definition) is 0. The molecule has 0 radical (unpaired) electrons. The van der Waals surface area contributed by atoms with Crippen LogP contribution in [0, 0.1) is 0 Å². The molecule has 0 fully saturated rings. The molecular formula is C27H36Cl2N2. The van der Waals surface area contributed by atoms with E-state index in [0.29, 0.717) is 23.7 Å². The van der Waals surface area contributed by atoms with Crippen molar-refractivity contribution in [1.82, 2.24) is 0 Å². The fourth-order valence-electron chi connectivity index (χ4n) is 4.43. The van der Waals surface area contributed by atoms with E-state index in [9.17, 15) is 0 Å². The number of anilines is 2. The van der Waals surface area contributed by atoms with Crippen LogP contribution >= 0.6 is 23.2 Å². The van der Waals surface area contributed by atoms with E-state index in [-0.39, 0.29) is 0 Å². The molecule has 31 heavy (non-hydrogen) atoms. The van der Waals surface area contributed by atoms with Crippen LogP contribution in [0.15, 0.2) is 48.8 Å². The number of benzene rings is 2. The highest BCUT2D eigenvalue weighted by atomic mass is 35.5. The second kappa shape index (κ2) is 9.08. The number of rotatable bonds is 6. The van der Waals surface area contributed by atoms with E-state index >= 15 is 0 Å². The standard InChI is InChI=1S/C27H36Cl2N2/c1-17(2)21-11-9-12-22(18(3)4)25(21)30-15-16-31(27(30,28)29)26-23(19(5)6)13-10-14-24(26)20(7)8/h9-20H,1-8H3. The van der Waals surface area contributed by atoms with Crippen LogP contribution in [0.4, 0.5) is 11.4 Å². The third kappa shape index (κ3) is 4.34. The Kier molecular flexibility index (Phi) is 7.03. The Hall–Kier alpha value is -1.64. The topological polar surface area (TPSA) is 6.48 Å². The van der Waals surface area contributed by atoms with E-state index in [1.165, 1.54) is 22.3 Å². The SMILES string of the molecule is CC(C)c1cccc(C(C)C)c1N1C=CN(c2c(C(C)C)cccc2C(C)C)C1(Cl)Cl. The highest BCUT2D eigenvalue weighted by molar-refractivity contribution is 6.51. The van der Waals surface area contributed by atoms with Crippen LogP contribution in [0.25, 0.3) is 0 Å². The molecule has 0 unspecified atom stereocenters. The number of nitrogens with zero attached hydrogens (tertiary/aromatic N) is 2. The number of para-hydroxylation sites is 2. The lowest BCUT2D eigenvalue weighted by Crippen LogP contribution is -2.45. The van der Waals surface area contributed by atoms with Crippen molar-refractivity contribution in [3.05, 3.63) is 71.1 Å². The van der Waals surface area contributed by atoms with Crippen LogP contribution < -0.4 is 9.80 Å². The van der Waals surface area contributed by atoms with Gasteiger partial charge >= 0.3 is 0 Å². The van der Waals surface area contributed by atoms with E-state index in [1.54, 1.807) is 0 Å². The van der Waals surface area contributed by atoms with E-state index in [1.807, 2.05) is 22.2 Å². The summed E-state index contributed by atoms with van der Waals surface area (Å²) in [5, 5.41) is 0. The van der Waals surface area contributed by atoms with Crippen molar-refractivity contribution in [1.29, 1.82) is 0 Å². The molecule has 168 valence electrons. The second-order valence-electron chi connectivity index (χ2n) is 9.74. The van der Waals surface area contributed by atoms with Gasteiger partial charge in [-0.1, -0.05) is 115 Å². The molecule has 1 heterocycles. The minimum absolute atomic E-state index is 0.356. The summed E-state index contributed by atoms with van der Waals surface area (Å²) in [7, 11) is 0. The summed E-state index contributed by atoms with van der Waals surface area (Å²) >= 11 is 14.5. The van der Waals surface area contributed by atoms with Gasteiger partial charge in [0.15, 0.2) is 0 Å². The highest BCUT2D eigenvalue weighted by Gasteiger charge is 2.45. The molecule has 0 bridgehead atoms. The third-order valence-electron chi connectivity index (χ3n) is 6.11. The summed E-state index contributed by atoms with van der Waals surface area (Å²) in [6.07, 6.45) is 4.07. The zero-order chi connectivity index (χ0) is 23.1. The molecule has 1 aliphatic rings. The molecule has 2 nitrogen and oxygen atoms in total. The molecule has 0 atom stereocenters. The van der Waals surface area contributed by atoms with Gasteiger partial charge in [0, 0.05) is 12.4 Å². The minimum atomic E-state index is -1.26. The number of alkyl halides is 2. The third-order valence-corrected chi connectivity index (χ3v) is 6.84. The summed E-state index contributed by atoms with van der Waals surface area (Å²) < 4.78 is -1.26. The maximum absolute atomic E-state index is 7.23. The van der Waals surface area contributed by atoms with Gasteiger partial charge in [-0.15, -0.1) is 0 Å². The average Bonchev–Trinajstić information content (AvgIpc) is 3.00. The predicted octanol–water partition coefficient (Wildman–Crippen LogP) is 9.07. The van der Waals surface area contributed by atoms with Gasteiger partial charge in [-0.3, -0.25) is 9.80 Å². The Bertz CT molecular complexity index is 830. The number of halogens is 2. The van der Waals surface area contributed by atoms with Crippen LogP contribution in [0.2, 0.25) is 0 Å². The Labute approximate surface area is 198 Å². The van der Waals surface area contributed by atoms with E-state index < -0.39 is 4.58 Å². The van der Waals surface area contributed by atoms with Crippen molar-refractivity contribution in [3.8, 4) is 0 Å². The van der Waals surface area contributed by atoms with Crippen molar-refractivity contribution >= 4 is 34.6 Å². The molecule has 0 amide bonds. The van der Waals surface area contributed by atoms with Crippen molar-refractivity contribution in [2.24, 2.45) is 0 Å². The molecule has 4 heteroatoms. The normalized spacial score (nSPS) is 15.9. The molecule has 0 N–H and O–H groups in total. The molecule has 0 aromatic heterocycles. The summed E-state index contributed by atoms with van der Waals surface area (Å²) in [5.74, 6) is 1.42. The van der Waals surface area contributed by atoms with E-state index in [2.05, 4.69) is 91.8 Å². The fourth-order valence-corrected chi connectivity index (χ4v) is 4.99. The van der Waals surface area contributed by atoms with E-state index in [4.69, 9.17) is 23.2 Å². The Balaban J connectivity index is 2.20. The van der Waals surface area contributed by atoms with Crippen LogP contribution in [0.3, 0.4) is 0 Å². The molecule has 3 rings (SSSR count). The predicted molar refractivity (Wildman–Crippen MR) is 138 cm³/mol. The zero-order valence-corrected chi connectivity index (χ0v) is 21.6. The Morgan fingerprint density at radius 1 is 0.548 bits per heavy atom. The van der Waals surface area contributed by atoms with Gasteiger partial charge < -0.3 is 0 Å². The molecule has 0 aliphatic carbocycles. The maximum atomic E-state index is 7.23. The van der Waals surface area contributed by atoms with Crippen molar-refractivity contribution in [2.75, 3.05) is 9.80 Å². The first kappa shape index (κ1) is 24.0. The largest absolute Gasteiger partial charge is 0.297 e. The lowest BCUT2D eigenvalue weighted by molar-refractivity contribution is 0.755. The molecule has 1 aliphatic heterocycles. The first-order valence-corrected chi connectivity index (χ1v) is 12.1. The Morgan fingerprint density at radius 3 is 1.03 bits per heavy atom. The van der Waals surface area contributed by atoms with Gasteiger partial charge in [0.1, 0.15) is 0 Å². The van der Waals surface area contributed by atoms with Crippen molar-refractivity contribution in [3.63, 3.8) is 0 Å². The van der Waals surface area contributed by atoms with Gasteiger partial charge in [0.2, 0.25) is 0 Å². The highest BCUT2D eigenvalue weighted by Crippen LogP contribution is 2.49. The van der Waals surface area contributed by atoms with Crippen LogP contribution in [0.1, 0.15) is 101 Å². The maximum Gasteiger partial charge on any atom is 0.278 e. The van der Waals surface area contributed by atoms with Crippen LogP contribution in [0.5, 0.6) is 0 Å². The lowest BCUT2D eigenvalue weighted by atomic mass is 9.91. The van der Waals surface area contributed by atoms with Crippen LogP contribution in [-0.4, -0.2) is 4.58 Å². The second-order valence-corrected chi connectivity index (χ2v) is 11.0. The average molecular weight is 460 g/mol.